The van der Waals surface area contributed by atoms with Crippen molar-refractivity contribution >= 4 is 44.2 Å². The molecular formula is C22H23ClFN3O2S. The number of morpholine rings is 1. The number of nitrogens with zero attached hydrogens (tertiary/aromatic N) is 3. The molecule has 1 aliphatic heterocycles. The fourth-order valence-corrected chi connectivity index (χ4v) is 4.91. The molecule has 0 spiro atoms. The molecule has 0 bridgehead atoms. The van der Waals surface area contributed by atoms with E-state index in [1.165, 1.54) is 29.5 Å². The maximum atomic E-state index is 13.5. The van der Waals surface area contributed by atoms with E-state index in [0.717, 1.165) is 34.4 Å². The standard InChI is InChI=1S/C22H23ClFN3O2S/c1-14-3-4-15(2)20-19(14)25-22(30-20)27(8-7-26-9-11-29-12-10-26)21(28)17-6-5-16(24)13-18(17)23/h3-6,13H,7-12H2,1-2H3. The van der Waals surface area contributed by atoms with Gasteiger partial charge in [-0.3, -0.25) is 14.6 Å². The average Bonchev–Trinajstić information content (AvgIpc) is 3.18. The number of aromatic nitrogens is 1. The second-order valence-corrected chi connectivity index (χ2v) is 8.79. The quantitative estimate of drug-likeness (QED) is 0.569. The molecule has 0 radical (unpaired) electrons. The van der Waals surface area contributed by atoms with Gasteiger partial charge in [-0.2, -0.15) is 0 Å². The van der Waals surface area contributed by atoms with Crippen molar-refractivity contribution in [2.45, 2.75) is 13.8 Å². The molecule has 1 aliphatic rings. The Kier molecular flexibility index (Phi) is 6.34. The van der Waals surface area contributed by atoms with Gasteiger partial charge in [-0.25, -0.2) is 9.37 Å². The average molecular weight is 448 g/mol. The van der Waals surface area contributed by atoms with Gasteiger partial charge in [0.15, 0.2) is 5.13 Å². The molecule has 1 amide bonds. The predicted molar refractivity (Wildman–Crippen MR) is 119 cm³/mol. The van der Waals surface area contributed by atoms with Gasteiger partial charge in [0.25, 0.3) is 5.91 Å². The number of thiazole rings is 1. The van der Waals surface area contributed by atoms with Gasteiger partial charge in [-0.1, -0.05) is 35.1 Å². The lowest BCUT2D eigenvalue weighted by molar-refractivity contribution is 0.0391. The van der Waals surface area contributed by atoms with Gasteiger partial charge in [0.05, 0.1) is 34.0 Å². The van der Waals surface area contributed by atoms with E-state index < -0.39 is 5.82 Å². The first kappa shape index (κ1) is 21.2. The highest BCUT2D eigenvalue weighted by Gasteiger charge is 2.25. The Bertz CT molecular complexity index is 1040. The number of benzene rings is 2. The normalized spacial score (nSPS) is 14.9. The van der Waals surface area contributed by atoms with Crippen LogP contribution in [0, 0.1) is 19.7 Å². The molecule has 3 aromatic rings. The van der Waals surface area contributed by atoms with Crippen molar-refractivity contribution < 1.29 is 13.9 Å². The molecule has 0 aliphatic carbocycles. The Morgan fingerprint density at radius 3 is 2.67 bits per heavy atom. The molecule has 5 nitrogen and oxygen atoms in total. The van der Waals surface area contributed by atoms with Crippen LogP contribution < -0.4 is 4.90 Å². The molecular weight excluding hydrogens is 425 g/mol. The van der Waals surface area contributed by atoms with E-state index in [9.17, 15) is 9.18 Å². The van der Waals surface area contributed by atoms with Crippen molar-refractivity contribution in [3.8, 4) is 0 Å². The van der Waals surface area contributed by atoms with Gasteiger partial charge in [0.2, 0.25) is 0 Å². The molecule has 2 aromatic carbocycles. The summed E-state index contributed by atoms with van der Waals surface area (Å²) in [7, 11) is 0. The summed E-state index contributed by atoms with van der Waals surface area (Å²) >= 11 is 7.70. The van der Waals surface area contributed by atoms with Crippen molar-refractivity contribution in [2.75, 3.05) is 44.3 Å². The number of carbonyl (C=O) groups excluding carboxylic acids is 1. The molecule has 4 rings (SSSR count). The fraction of sp³-hybridized carbons (Fsp3) is 0.364. The summed E-state index contributed by atoms with van der Waals surface area (Å²) in [6.45, 7) is 8.26. The van der Waals surface area contributed by atoms with Crippen molar-refractivity contribution in [1.82, 2.24) is 9.88 Å². The maximum absolute atomic E-state index is 13.5. The number of aryl methyl sites for hydroxylation is 2. The molecule has 0 atom stereocenters. The van der Waals surface area contributed by atoms with Crippen LogP contribution in [-0.4, -0.2) is 55.2 Å². The molecule has 2 heterocycles. The maximum Gasteiger partial charge on any atom is 0.261 e. The number of carbonyl (C=O) groups is 1. The lowest BCUT2D eigenvalue weighted by Crippen LogP contribution is -2.43. The highest BCUT2D eigenvalue weighted by molar-refractivity contribution is 7.22. The molecule has 1 saturated heterocycles. The van der Waals surface area contributed by atoms with Gasteiger partial charge in [-0.15, -0.1) is 0 Å². The molecule has 0 N–H and O–H groups in total. The third-order valence-electron chi connectivity index (χ3n) is 5.31. The van der Waals surface area contributed by atoms with E-state index in [0.29, 0.717) is 31.4 Å². The summed E-state index contributed by atoms with van der Waals surface area (Å²) in [5.41, 5.74) is 3.37. The van der Waals surface area contributed by atoms with E-state index in [1.807, 2.05) is 19.9 Å². The summed E-state index contributed by atoms with van der Waals surface area (Å²) in [5.74, 6) is -0.745. The first-order valence-corrected chi connectivity index (χ1v) is 11.1. The molecule has 1 fully saturated rings. The molecule has 0 unspecified atom stereocenters. The monoisotopic (exact) mass is 447 g/mol. The second kappa shape index (κ2) is 8.98. The topological polar surface area (TPSA) is 45.7 Å². The number of halogens is 2. The minimum atomic E-state index is -0.470. The van der Waals surface area contributed by atoms with Gasteiger partial charge < -0.3 is 4.74 Å². The number of hydrogen-bond acceptors (Lipinski definition) is 5. The molecule has 30 heavy (non-hydrogen) atoms. The lowest BCUT2D eigenvalue weighted by atomic mass is 10.1. The highest BCUT2D eigenvalue weighted by Crippen LogP contribution is 2.34. The Morgan fingerprint density at radius 2 is 1.97 bits per heavy atom. The Labute approximate surface area is 184 Å². The van der Waals surface area contributed by atoms with E-state index >= 15 is 0 Å². The zero-order valence-corrected chi connectivity index (χ0v) is 18.5. The smallest absolute Gasteiger partial charge is 0.261 e. The number of hydrogen-bond donors (Lipinski definition) is 0. The summed E-state index contributed by atoms with van der Waals surface area (Å²) in [6.07, 6.45) is 0. The van der Waals surface area contributed by atoms with Crippen molar-refractivity contribution in [1.29, 1.82) is 0 Å². The largest absolute Gasteiger partial charge is 0.379 e. The summed E-state index contributed by atoms with van der Waals surface area (Å²) in [5, 5.41) is 0.728. The number of amides is 1. The van der Waals surface area contributed by atoms with Crippen LogP contribution in [0.5, 0.6) is 0 Å². The molecule has 0 saturated carbocycles. The molecule has 1 aromatic heterocycles. The van der Waals surface area contributed by atoms with Gasteiger partial charge in [0, 0.05) is 26.2 Å². The minimum absolute atomic E-state index is 0.102. The van der Waals surface area contributed by atoms with Crippen molar-refractivity contribution in [3.63, 3.8) is 0 Å². The van der Waals surface area contributed by atoms with Crippen molar-refractivity contribution in [3.05, 3.63) is 57.9 Å². The summed E-state index contributed by atoms with van der Waals surface area (Å²) < 4.78 is 20.0. The van der Waals surface area contributed by atoms with E-state index in [1.54, 1.807) is 4.90 Å². The van der Waals surface area contributed by atoms with E-state index in [2.05, 4.69) is 11.0 Å². The van der Waals surface area contributed by atoms with Crippen molar-refractivity contribution in [2.24, 2.45) is 0 Å². The Morgan fingerprint density at radius 1 is 1.23 bits per heavy atom. The van der Waals surface area contributed by atoms with Crippen LogP contribution in [0.3, 0.4) is 0 Å². The Hall–Kier alpha value is -2.06. The summed E-state index contributed by atoms with van der Waals surface area (Å²) in [6, 6.07) is 7.97. The number of ether oxygens (including phenoxy) is 1. The number of fused-ring (bicyclic) bond motifs is 1. The number of anilines is 1. The van der Waals surface area contributed by atoms with E-state index in [-0.39, 0.29) is 16.5 Å². The lowest BCUT2D eigenvalue weighted by Gasteiger charge is -2.29. The fourth-order valence-electron chi connectivity index (χ4n) is 3.52. The van der Waals surface area contributed by atoms with Crippen LogP contribution in [0.2, 0.25) is 5.02 Å². The highest BCUT2D eigenvalue weighted by atomic mass is 35.5. The van der Waals surface area contributed by atoms with Crippen LogP contribution in [0.4, 0.5) is 9.52 Å². The molecule has 158 valence electrons. The zero-order valence-electron chi connectivity index (χ0n) is 17.0. The van der Waals surface area contributed by atoms with Crippen LogP contribution in [0.25, 0.3) is 10.2 Å². The van der Waals surface area contributed by atoms with Crippen LogP contribution in [-0.2, 0) is 4.74 Å². The van der Waals surface area contributed by atoms with Crippen LogP contribution in [0.15, 0.2) is 30.3 Å². The second-order valence-electron chi connectivity index (χ2n) is 7.41. The Balaban J connectivity index is 1.70. The van der Waals surface area contributed by atoms with Gasteiger partial charge in [-0.05, 0) is 43.2 Å². The molecule has 8 heteroatoms. The van der Waals surface area contributed by atoms with Crippen LogP contribution in [0.1, 0.15) is 21.5 Å². The predicted octanol–water partition coefficient (Wildman–Crippen LogP) is 4.68. The van der Waals surface area contributed by atoms with E-state index in [4.69, 9.17) is 21.3 Å². The first-order chi connectivity index (χ1) is 14.4. The summed E-state index contributed by atoms with van der Waals surface area (Å²) in [4.78, 5) is 22.2. The zero-order chi connectivity index (χ0) is 21.3. The SMILES string of the molecule is Cc1ccc(C)c2sc(N(CCN3CCOCC3)C(=O)c3ccc(F)cc3Cl)nc12. The first-order valence-electron chi connectivity index (χ1n) is 9.88. The number of rotatable bonds is 5. The van der Waals surface area contributed by atoms with Crippen LogP contribution >= 0.6 is 22.9 Å². The third kappa shape index (κ3) is 4.34. The minimum Gasteiger partial charge on any atom is -0.379 e. The van der Waals surface area contributed by atoms with Gasteiger partial charge >= 0.3 is 0 Å². The third-order valence-corrected chi connectivity index (χ3v) is 6.84. The van der Waals surface area contributed by atoms with Gasteiger partial charge in [0.1, 0.15) is 5.82 Å².